The molecule has 0 amide bonds. The summed E-state index contributed by atoms with van der Waals surface area (Å²) in [4.78, 5) is 8.33. The topological polar surface area (TPSA) is 112 Å². The van der Waals surface area contributed by atoms with Gasteiger partial charge in [0.05, 0.1) is 6.04 Å². The van der Waals surface area contributed by atoms with Crippen molar-refractivity contribution in [3.63, 3.8) is 0 Å². The molecule has 0 bridgehead atoms. The lowest BCUT2D eigenvalue weighted by Gasteiger charge is -2.01. The maximum Gasteiger partial charge on any atom is 0.277 e. The average Bonchev–Trinajstić information content (AvgIpc) is 2.95. The molecule has 0 aliphatic rings. The molecule has 2 heterocycles. The fourth-order valence-corrected chi connectivity index (χ4v) is 2.52. The molecule has 104 valence electrons. The first kappa shape index (κ1) is 14.1. The van der Waals surface area contributed by atoms with Gasteiger partial charge >= 0.3 is 0 Å². The highest BCUT2D eigenvalue weighted by atomic mass is 32.2. The maximum absolute atomic E-state index is 11.4. The van der Waals surface area contributed by atoms with Crippen molar-refractivity contribution >= 4 is 21.2 Å². The Hall–Kier alpha value is -1.32. The Labute approximate surface area is 114 Å². The van der Waals surface area contributed by atoms with Crippen molar-refractivity contribution in [3.8, 4) is 11.6 Å². The summed E-state index contributed by atoms with van der Waals surface area (Å²) in [5.74, 6) is 0.335. The summed E-state index contributed by atoms with van der Waals surface area (Å²) in [5, 5.41) is 5.38. The molecule has 19 heavy (non-hydrogen) atoms. The number of thiazole rings is 1. The SMILES string of the molecule is CC(N)c1nc(-c2nc(C(C)S(C)(=O)=O)no2)cs1. The third kappa shape index (κ3) is 2.99. The minimum absolute atomic E-state index is 0.132. The summed E-state index contributed by atoms with van der Waals surface area (Å²) in [7, 11) is -3.26. The lowest BCUT2D eigenvalue weighted by molar-refractivity contribution is 0.420. The zero-order chi connectivity index (χ0) is 14.2. The molecule has 0 aromatic carbocycles. The van der Waals surface area contributed by atoms with E-state index in [1.165, 1.54) is 18.3 Å². The van der Waals surface area contributed by atoms with E-state index in [4.69, 9.17) is 10.3 Å². The normalized spacial score (nSPS) is 15.4. The molecule has 2 N–H and O–H groups in total. The molecule has 0 fully saturated rings. The standard InChI is InChI=1S/C10H14N4O3S2/c1-5(11)10-12-7(4-18-10)9-13-8(14-17-9)6(2)19(3,15)16/h4-6H,11H2,1-3H3. The highest BCUT2D eigenvalue weighted by Crippen LogP contribution is 2.25. The summed E-state index contributed by atoms with van der Waals surface area (Å²) in [6, 6.07) is -0.170. The van der Waals surface area contributed by atoms with Crippen LogP contribution in [0, 0.1) is 0 Å². The second-order valence-electron chi connectivity index (χ2n) is 4.29. The first-order valence-corrected chi connectivity index (χ1v) is 8.36. The number of hydrogen-bond donors (Lipinski definition) is 1. The molecule has 2 rings (SSSR count). The van der Waals surface area contributed by atoms with Crippen LogP contribution in [-0.2, 0) is 9.84 Å². The van der Waals surface area contributed by atoms with Gasteiger partial charge < -0.3 is 10.3 Å². The molecule has 2 aromatic heterocycles. The molecule has 2 atom stereocenters. The zero-order valence-electron chi connectivity index (χ0n) is 10.7. The molecular formula is C10H14N4O3S2. The van der Waals surface area contributed by atoms with Gasteiger partial charge in [-0.05, 0) is 13.8 Å². The molecular weight excluding hydrogens is 288 g/mol. The Morgan fingerprint density at radius 3 is 2.58 bits per heavy atom. The second-order valence-corrected chi connectivity index (χ2v) is 7.54. The zero-order valence-corrected chi connectivity index (χ0v) is 12.3. The van der Waals surface area contributed by atoms with E-state index in [2.05, 4.69) is 15.1 Å². The van der Waals surface area contributed by atoms with Gasteiger partial charge in [-0.25, -0.2) is 13.4 Å². The Kier molecular flexibility index (Phi) is 3.70. The van der Waals surface area contributed by atoms with Crippen molar-refractivity contribution in [2.45, 2.75) is 25.1 Å². The molecule has 0 radical (unpaired) electrons. The molecule has 0 saturated heterocycles. The molecule has 2 unspecified atom stereocenters. The van der Waals surface area contributed by atoms with Crippen molar-refractivity contribution < 1.29 is 12.9 Å². The van der Waals surface area contributed by atoms with Gasteiger partial charge in [-0.2, -0.15) is 4.98 Å². The van der Waals surface area contributed by atoms with Gasteiger partial charge in [0.25, 0.3) is 5.89 Å². The largest absolute Gasteiger partial charge is 0.332 e. The Morgan fingerprint density at radius 1 is 1.37 bits per heavy atom. The predicted molar refractivity (Wildman–Crippen MR) is 71.3 cm³/mol. The van der Waals surface area contributed by atoms with E-state index in [1.54, 1.807) is 5.38 Å². The van der Waals surface area contributed by atoms with Crippen LogP contribution < -0.4 is 5.73 Å². The predicted octanol–water partition coefficient (Wildman–Crippen LogP) is 1.32. The molecule has 9 heteroatoms. The Morgan fingerprint density at radius 2 is 2.05 bits per heavy atom. The summed E-state index contributed by atoms with van der Waals surface area (Å²) < 4.78 is 27.9. The van der Waals surface area contributed by atoms with E-state index in [0.29, 0.717) is 5.69 Å². The van der Waals surface area contributed by atoms with Gasteiger partial charge in [0.15, 0.2) is 15.7 Å². The molecule has 0 spiro atoms. The van der Waals surface area contributed by atoms with Crippen LogP contribution in [0.25, 0.3) is 11.6 Å². The number of rotatable bonds is 4. The number of aromatic nitrogens is 3. The summed E-state index contributed by atoms with van der Waals surface area (Å²) in [6.07, 6.45) is 1.13. The van der Waals surface area contributed by atoms with Crippen LogP contribution in [0.2, 0.25) is 0 Å². The van der Waals surface area contributed by atoms with Gasteiger partial charge in [0.1, 0.15) is 16.0 Å². The average molecular weight is 302 g/mol. The van der Waals surface area contributed by atoms with Gasteiger partial charge in [-0.15, -0.1) is 11.3 Å². The molecule has 0 aliphatic carbocycles. The van der Waals surface area contributed by atoms with Gasteiger partial charge in [-0.3, -0.25) is 0 Å². The van der Waals surface area contributed by atoms with Crippen LogP contribution in [0.5, 0.6) is 0 Å². The fourth-order valence-electron chi connectivity index (χ4n) is 1.29. The number of hydrogen-bond acceptors (Lipinski definition) is 8. The second kappa shape index (κ2) is 4.99. The first-order valence-electron chi connectivity index (χ1n) is 5.53. The molecule has 0 aliphatic heterocycles. The lowest BCUT2D eigenvalue weighted by Crippen LogP contribution is -2.09. The van der Waals surface area contributed by atoms with E-state index in [9.17, 15) is 8.42 Å². The minimum Gasteiger partial charge on any atom is -0.332 e. The third-order valence-electron chi connectivity index (χ3n) is 2.58. The molecule has 7 nitrogen and oxygen atoms in total. The van der Waals surface area contributed by atoms with E-state index in [0.717, 1.165) is 11.3 Å². The smallest absolute Gasteiger partial charge is 0.277 e. The molecule has 2 aromatic rings. The third-order valence-corrected chi connectivity index (χ3v) is 5.12. The van der Waals surface area contributed by atoms with E-state index in [-0.39, 0.29) is 17.8 Å². The Balaban J connectivity index is 2.30. The van der Waals surface area contributed by atoms with E-state index < -0.39 is 15.1 Å². The van der Waals surface area contributed by atoms with Gasteiger partial charge in [0.2, 0.25) is 0 Å². The minimum atomic E-state index is -3.26. The van der Waals surface area contributed by atoms with Crippen LogP contribution in [0.3, 0.4) is 0 Å². The van der Waals surface area contributed by atoms with Crippen LogP contribution >= 0.6 is 11.3 Å². The van der Waals surface area contributed by atoms with E-state index >= 15 is 0 Å². The van der Waals surface area contributed by atoms with Crippen molar-refractivity contribution in [1.29, 1.82) is 0 Å². The number of sulfone groups is 1. The number of nitrogens with two attached hydrogens (primary N) is 1. The van der Waals surface area contributed by atoms with E-state index in [1.807, 2.05) is 6.92 Å². The first-order chi connectivity index (χ1) is 8.79. The fraction of sp³-hybridized carbons (Fsp3) is 0.500. The highest BCUT2D eigenvalue weighted by molar-refractivity contribution is 7.90. The molecule has 0 saturated carbocycles. The summed E-state index contributed by atoms with van der Waals surface area (Å²) in [5.41, 5.74) is 6.23. The summed E-state index contributed by atoms with van der Waals surface area (Å²) >= 11 is 1.39. The highest BCUT2D eigenvalue weighted by Gasteiger charge is 2.24. The van der Waals surface area contributed by atoms with Crippen LogP contribution in [0.15, 0.2) is 9.90 Å². The van der Waals surface area contributed by atoms with Crippen molar-refractivity contribution in [2.24, 2.45) is 5.73 Å². The maximum atomic E-state index is 11.4. The van der Waals surface area contributed by atoms with Gasteiger partial charge in [0, 0.05) is 11.6 Å². The van der Waals surface area contributed by atoms with Crippen molar-refractivity contribution in [3.05, 3.63) is 16.2 Å². The number of nitrogens with zero attached hydrogens (tertiary/aromatic N) is 3. The lowest BCUT2D eigenvalue weighted by atomic mass is 10.4. The van der Waals surface area contributed by atoms with Crippen LogP contribution in [-0.4, -0.2) is 29.8 Å². The quantitative estimate of drug-likeness (QED) is 0.906. The van der Waals surface area contributed by atoms with Crippen molar-refractivity contribution in [1.82, 2.24) is 15.1 Å². The van der Waals surface area contributed by atoms with Gasteiger partial charge in [-0.1, -0.05) is 5.16 Å². The summed E-state index contributed by atoms with van der Waals surface area (Å²) in [6.45, 7) is 3.34. The van der Waals surface area contributed by atoms with Crippen LogP contribution in [0.1, 0.15) is 36.0 Å². The van der Waals surface area contributed by atoms with Crippen molar-refractivity contribution in [2.75, 3.05) is 6.26 Å². The Bertz CT molecular complexity index is 675. The monoisotopic (exact) mass is 302 g/mol. The van der Waals surface area contributed by atoms with Crippen LogP contribution in [0.4, 0.5) is 0 Å².